The second kappa shape index (κ2) is 9.12. The molecule has 0 saturated heterocycles. The van der Waals surface area contributed by atoms with Crippen LogP contribution in [-0.4, -0.2) is 33.2 Å². The number of hydrogen-bond donors (Lipinski definition) is 1. The fraction of sp³-hybridized carbons (Fsp3) is 0.250. The number of anilines is 2. The van der Waals surface area contributed by atoms with Crippen molar-refractivity contribution < 1.29 is 17.9 Å². The Bertz CT molecular complexity index is 976. The molecule has 150 valence electrons. The molecule has 2 rings (SSSR count). The maximum absolute atomic E-state index is 12.8. The summed E-state index contributed by atoms with van der Waals surface area (Å²) in [6, 6.07) is 10.7. The first-order valence-electron chi connectivity index (χ1n) is 8.53. The zero-order chi connectivity index (χ0) is 20.9. The smallest absolute Gasteiger partial charge is 0.247 e. The number of ether oxygens (including phenoxy) is 1. The fourth-order valence-electron chi connectivity index (χ4n) is 2.67. The van der Waals surface area contributed by atoms with Gasteiger partial charge in [0.25, 0.3) is 0 Å². The normalized spacial score (nSPS) is 12.1. The quantitative estimate of drug-likeness (QED) is 0.652. The molecule has 0 aliphatic rings. The molecule has 0 aromatic heterocycles. The SMILES string of the molecule is C=CCOc1cccc(NC(=O)[C@@H](C)N(c2cc(Cl)ccc2C)S(C)(=O)=O)c1. The Balaban J connectivity index is 2.30. The second-order valence-electron chi connectivity index (χ2n) is 6.28. The van der Waals surface area contributed by atoms with E-state index in [2.05, 4.69) is 11.9 Å². The van der Waals surface area contributed by atoms with Gasteiger partial charge in [0.05, 0.1) is 11.9 Å². The van der Waals surface area contributed by atoms with Crippen molar-refractivity contribution in [1.29, 1.82) is 0 Å². The van der Waals surface area contributed by atoms with Gasteiger partial charge >= 0.3 is 0 Å². The Morgan fingerprint density at radius 2 is 2.04 bits per heavy atom. The molecule has 0 bridgehead atoms. The van der Waals surface area contributed by atoms with E-state index in [4.69, 9.17) is 16.3 Å². The van der Waals surface area contributed by atoms with E-state index in [1.165, 1.54) is 13.0 Å². The molecular weight excluding hydrogens is 400 g/mol. The number of halogens is 1. The molecule has 0 spiro atoms. The van der Waals surface area contributed by atoms with Gasteiger partial charge in [-0.05, 0) is 43.7 Å². The molecule has 1 amide bonds. The standard InChI is InChI=1S/C20H23ClN2O4S/c1-5-11-27-18-8-6-7-17(13-18)22-20(24)15(3)23(28(4,25)26)19-12-16(21)10-9-14(19)2/h5-10,12-13,15H,1,11H2,2-4H3,(H,22,24)/t15-/m1/s1. The number of nitrogens with one attached hydrogen (secondary N) is 1. The zero-order valence-electron chi connectivity index (χ0n) is 16.0. The molecule has 8 heteroatoms. The molecule has 0 saturated carbocycles. The van der Waals surface area contributed by atoms with Gasteiger partial charge in [-0.3, -0.25) is 9.10 Å². The molecule has 2 aromatic carbocycles. The summed E-state index contributed by atoms with van der Waals surface area (Å²) >= 11 is 6.04. The van der Waals surface area contributed by atoms with Crippen LogP contribution in [0.25, 0.3) is 0 Å². The molecule has 0 aliphatic heterocycles. The van der Waals surface area contributed by atoms with Gasteiger partial charge in [0.15, 0.2) is 0 Å². The number of amides is 1. The summed E-state index contributed by atoms with van der Waals surface area (Å²) in [5.74, 6) is 0.0849. The van der Waals surface area contributed by atoms with Crippen LogP contribution >= 0.6 is 11.6 Å². The largest absolute Gasteiger partial charge is 0.489 e. The average Bonchev–Trinajstić information content (AvgIpc) is 2.62. The minimum Gasteiger partial charge on any atom is -0.489 e. The van der Waals surface area contributed by atoms with E-state index < -0.39 is 22.0 Å². The lowest BCUT2D eigenvalue weighted by molar-refractivity contribution is -0.116. The summed E-state index contributed by atoms with van der Waals surface area (Å²) in [6.07, 6.45) is 2.67. The fourth-order valence-corrected chi connectivity index (χ4v) is 4.06. The van der Waals surface area contributed by atoms with E-state index in [-0.39, 0.29) is 0 Å². The zero-order valence-corrected chi connectivity index (χ0v) is 17.5. The van der Waals surface area contributed by atoms with Crippen LogP contribution in [0.3, 0.4) is 0 Å². The Morgan fingerprint density at radius 3 is 2.68 bits per heavy atom. The lowest BCUT2D eigenvalue weighted by Crippen LogP contribution is -2.45. The summed E-state index contributed by atoms with van der Waals surface area (Å²) in [6.45, 7) is 7.21. The molecule has 0 aliphatic carbocycles. The predicted octanol–water partition coefficient (Wildman–Crippen LogP) is 4.01. The van der Waals surface area contributed by atoms with Crippen LogP contribution in [0, 0.1) is 6.92 Å². The Labute approximate surface area is 170 Å². The summed E-state index contributed by atoms with van der Waals surface area (Å²) in [5, 5.41) is 3.11. The number of nitrogens with zero attached hydrogens (tertiary/aromatic N) is 1. The Kier molecular flexibility index (Phi) is 7.10. The van der Waals surface area contributed by atoms with Gasteiger partial charge in [-0.25, -0.2) is 8.42 Å². The molecule has 6 nitrogen and oxygen atoms in total. The molecule has 0 radical (unpaired) electrons. The van der Waals surface area contributed by atoms with E-state index >= 15 is 0 Å². The lowest BCUT2D eigenvalue weighted by Gasteiger charge is -2.29. The highest BCUT2D eigenvalue weighted by molar-refractivity contribution is 7.92. The molecule has 28 heavy (non-hydrogen) atoms. The maximum Gasteiger partial charge on any atom is 0.247 e. The molecule has 0 heterocycles. The number of hydrogen-bond acceptors (Lipinski definition) is 4. The predicted molar refractivity (Wildman–Crippen MR) is 114 cm³/mol. The van der Waals surface area contributed by atoms with Crippen LogP contribution in [0.4, 0.5) is 11.4 Å². The number of carbonyl (C=O) groups is 1. The van der Waals surface area contributed by atoms with Gasteiger partial charge in [0, 0.05) is 16.8 Å². The van der Waals surface area contributed by atoms with Crippen LogP contribution in [0.15, 0.2) is 55.1 Å². The molecular formula is C20H23ClN2O4S. The maximum atomic E-state index is 12.8. The van der Waals surface area contributed by atoms with Crippen LogP contribution in [0.1, 0.15) is 12.5 Å². The molecule has 1 N–H and O–H groups in total. The topological polar surface area (TPSA) is 75.7 Å². The Hall–Kier alpha value is -2.51. The van der Waals surface area contributed by atoms with Crippen LogP contribution in [0.5, 0.6) is 5.75 Å². The highest BCUT2D eigenvalue weighted by atomic mass is 35.5. The van der Waals surface area contributed by atoms with Crippen molar-refractivity contribution in [3.8, 4) is 5.75 Å². The van der Waals surface area contributed by atoms with E-state index in [1.807, 2.05) is 0 Å². The molecule has 0 fully saturated rings. The third kappa shape index (κ3) is 5.50. The van der Waals surface area contributed by atoms with Crippen molar-refractivity contribution in [1.82, 2.24) is 0 Å². The van der Waals surface area contributed by atoms with Crippen molar-refractivity contribution in [2.75, 3.05) is 22.5 Å². The molecule has 0 unspecified atom stereocenters. The average molecular weight is 423 g/mol. The summed E-state index contributed by atoms with van der Waals surface area (Å²) in [7, 11) is -3.74. The summed E-state index contributed by atoms with van der Waals surface area (Å²) in [4.78, 5) is 12.8. The van der Waals surface area contributed by atoms with Crippen molar-refractivity contribution in [3.05, 3.63) is 65.7 Å². The first kappa shape index (κ1) is 21.8. The summed E-state index contributed by atoms with van der Waals surface area (Å²) < 4.78 is 31.4. The van der Waals surface area contributed by atoms with Gasteiger partial charge in [-0.15, -0.1) is 0 Å². The number of benzene rings is 2. The highest BCUT2D eigenvalue weighted by Gasteiger charge is 2.30. The number of aryl methyl sites for hydroxylation is 1. The van der Waals surface area contributed by atoms with Crippen LogP contribution in [0.2, 0.25) is 5.02 Å². The van der Waals surface area contributed by atoms with Crippen molar-refractivity contribution in [2.24, 2.45) is 0 Å². The third-order valence-corrected chi connectivity index (χ3v) is 5.43. The van der Waals surface area contributed by atoms with Gasteiger partial charge < -0.3 is 10.1 Å². The van der Waals surface area contributed by atoms with E-state index in [9.17, 15) is 13.2 Å². The van der Waals surface area contributed by atoms with Gasteiger partial charge in [0.1, 0.15) is 18.4 Å². The third-order valence-electron chi connectivity index (χ3n) is 3.97. The van der Waals surface area contributed by atoms with E-state index in [0.29, 0.717) is 34.3 Å². The number of sulfonamides is 1. The first-order chi connectivity index (χ1) is 13.1. The lowest BCUT2D eigenvalue weighted by atomic mass is 10.1. The second-order valence-corrected chi connectivity index (χ2v) is 8.58. The number of carbonyl (C=O) groups excluding carboxylic acids is 1. The van der Waals surface area contributed by atoms with E-state index in [0.717, 1.165) is 10.6 Å². The van der Waals surface area contributed by atoms with Crippen molar-refractivity contribution >= 4 is 38.9 Å². The minimum atomic E-state index is -3.74. The highest BCUT2D eigenvalue weighted by Crippen LogP contribution is 2.28. The first-order valence-corrected chi connectivity index (χ1v) is 10.8. The van der Waals surface area contributed by atoms with Crippen molar-refractivity contribution in [2.45, 2.75) is 19.9 Å². The minimum absolute atomic E-state index is 0.337. The monoisotopic (exact) mass is 422 g/mol. The number of rotatable bonds is 8. The molecule has 2 aromatic rings. The van der Waals surface area contributed by atoms with Crippen molar-refractivity contribution in [3.63, 3.8) is 0 Å². The summed E-state index contributed by atoms with van der Waals surface area (Å²) in [5.41, 5.74) is 1.55. The van der Waals surface area contributed by atoms with Gasteiger partial charge in [-0.1, -0.05) is 36.4 Å². The van der Waals surface area contributed by atoms with Gasteiger partial charge in [0.2, 0.25) is 15.9 Å². The van der Waals surface area contributed by atoms with Gasteiger partial charge in [-0.2, -0.15) is 0 Å². The van der Waals surface area contributed by atoms with Crippen LogP contribution < -0.4 is 14.4 Å². The van der Waals surface area contributed by atoms with E-state index in [1.54, 1.807) is 49.4 Å². The molecule has 1 atom stereocenters. The van der Waals surface area contributed by atoms with Crippen LogP contribution in [-0.2, 0) is 14.8 Å². The Morgan fingerprint density at radius 1 is 1.32 bits per heavy atom.